The Morgan fingerprint density at radius 1 is 1.47 bits per heavy atom. The van der Waals surface area contributed by atoms with Gasteiger partial charge in [-0.15, -0.1) is 0 Å². The van der Waals surface area contributed by atoms with Gasteiger partial charge in [-0.3, -0.25) is 0 Å². The van der Waals surface area contributed by atoms with E-state index >= 15 is 0 Å². The van der Waals surface area contributed by atoms with Crippen molar-refractivity contribution < 1.29 is 19.7 Å². The standard InChI is InChI=1S/C11H14O4/c1-3-4-7-5-8(11(13)14)6-9(15-2)10(7)12/h5-6,12H,3-4H2,1-2H3,(H,13,14). The summed E-state index contributed by atoms with van der Waals surface area (Å²) in [5.74, 6) is -0.784. The predicted molar refractivity (Wildman–Crippen MR) is 55.6 cm³/mol. The number of carboxylic acids is 1. The van der Waals surface area contributed by atoms with Crippen LogP contribution in [0.5, 0.6) is 11.5 Å². The van der Waals surface area contributed by atoms with Crippen LogP contribution in [0.2, 0.25) is 0 Å². The van der Waals surface area contributed by atoms with Crippen LogP contribution in [0, 0.1) is 0 Å². The molecule has 82 valence electrons. The van der Waals surface area contributed by atoms with E-state index in [9.17, 15) is 9.90 Å². The largest absolute Gasteiger partial charge is 0.504 e. The van der Waals surface area contributed by atoms with E-state index in [-0.39, 0.29) is 17.1 Å². The van der Waals surface area contributed by atoms with E-state index in [1.165, 1.54) is 19.2 Å². The first kappa shape index (κ1) is 11.4. The molecule has 0 heterocycles. The summed E-state index contributed by atoms with van der Waals surface area (Å²) in [6, 6.07) is 2.79. The van der Waals surface area contributed by atoms with Crippen LogP contribution in [0.1, 0.15) is 29.3 Å². The summed E-state index contributed by atoms with van der Waals surface area (Å²) in [6.45, 7) is 1.96. The third kappa shape index (κ3) is 2.40. The molecule has 1 aromatic carbocycles. The fourth-order valence-corrected chi connectivity index (χ4v) is 1.40. The maximum atomic E-state index is 10.8. The van der Waals surface area contributed by atoms with Crippen LogP contribution in [-0.2, 0) is 6.42 Å². The van der Waals surface area contributed by atoms with Gasteiger partial charge in [0.25, 0.3) is 0 Å². The third-order valence-corrected chi connectivity index (χ3v) is 2.14. The van der Waals surface area contributed by atoms with Crippen LogP contribution >= 0.6 is 0 Å². The van der Waals surface area contributed by atoms with Gasteiger partial charge in [-0.05, 0) is 24.1 Å². The fraction of sp³-hybridized carbons (Fsp3) is 0.364. The Bertz CT molecular complexity index is 371. The molecule has 0 atom stereocenters. The van der Waals surface area contributed by atoms with Crippen LogP contribution in [0.4, 0.5) is 0 Å². The number of aromatic hydroxyl groups is 1. The molecule has 0 aliphatic carbocycles. The highest BCUT2D eigenvalue weighted by Crippen LogP contribution is 2.32. The molecule has 0 saturated heterocycles. The minimum absolute atomic E-state index is 0.0318. The molecule has 0 aromatic heterocycles. The second-order valence-corrected chi connectivity index (χ2v) is 3.24. The number of carbonyl (C=O) groups is 1. The fourth-order valence-electron chi connectivity index (χ4n) is 1.40. The Hall–Kier alpha value is -1.71. The van der Waals surface area contributed by atoms with Gasteiger partial charge in [0.05, 0.1) is 12.7 Å². The second-order valence-electron chi connectivity index (χ2n) is 3.24. The zero-order valence-corrected chi connectivity index (χ0v) is 8.78. The number of rotatable bonds is 4. The Balaban J connectivity index is 3.25. The highest BCUT2D eigenvalue weighted by molar-refractivity contribution is 5.89. The molecule has 0 unspecified atom stereocenters. The number of benzene rings is 1. The summed E-state index contributed by atoms with van der Waals surface area (Å²) in [4.78, 5) is 10.8. The molecule has 0 radical (unpaired) electrons. The van der Waals surface area contributed by atoms with Crippen molar-refractivity contribution in [1.82, 2.24) is 0 Å². The van der Waals surface area contributed by atoms with Crippen molar-refractivity contribution in [3.63, 3.8) is 0 Å². The third-order valence-electron chi connectivity index (χ3n) is 2.14. The first-order chi connectivity index (χ1) is 7.10. The summed E-state index contributed by atoms with van der Waals surface area (Å²) in [6.07, 6.45) is 1.46. The molecule has 4 heteroatoms. The number of hydrogen-bond acceptors (Lipinski definition) is 3. The molecule has 0 bridgehead atoms. The lowest BCUT2D eigenvalue weighted by Gasteiger charge is -2.09. The van der Waals surface area contributed by atoms with Gasteiger partial charge in [-0.1, -0.05) is 13.3 Å². The Labute approximate surface area is 88.1 Å². The van der Waals surface area contributed by atoms with Gasteiger partial charge in [-0.2, -0.15) is 0 Å². The molecule has 0 amide bonds. The van der Waals surface area contributed by atoms with Crippen LogP contribution in [0.3, 0.4) is 0 Å². The van der Waals surface area contributed by atoms with E-state index < -0.39 is 5.97 Å². The normalized spacial score (nSPS) is 10.0. The van der Waals surface area contributed by atoms with Crippen molar-refractivity contribution in [2.45, 2.75) is 19.8 Å². The average Bonchev–Trinajstić information content (AvgIpc) is 2.21. The molecule has 1 aromatic rings. The number of aromatic carboxylic acids is 1. The molecular formula is C11H14O4. The van der Waals surface area contributed by atoms with E-state index in [2.05, 4.69) is 0 Å². The van der Waals surface area contributed by atoms with Gasteiger partial charge < -0.3 is 14.9 Å². The van der Waals surface area contributed by atoms with Crippen molar-refractivity contribution in [3.8, 4) is 11.5 Å². The quantitative estimate of drug-likeness (QED) is 0.798. The molecular weight excluding hydrogens is 196 g/mol. The van der Waals surface area contributed by atoms with E-state index in [0.717, 1.165) is 6.42 Å². The molecule has 0 saturated carbocycles. The molecule has 0 spiro atoms. The van der Waals surface area contributed by atoms with Crippen molar-refractivity contribution >= 4 is 5.97 Å². The first-order valence-electron chi connectivity index (χ1n) is 4.73. The van der Waals surface area contributed by atoms with E-state index in [0.29, 0.717) is 12.0 Å². The summed E-state index contributed by atoms with van der Waals surface area (Å²) < 4.78 is 4.91. The molecule has 0 aliphatic rings. The Morgan fingerprint density at radius 2 is 2.13 bits per heavy atom. The topological polar surface area (TPSA) is 66.8 Å². The Kier molecular flexibility index (Phi) is 3.55. The van der Waals surface area contributed by atoms with E-state index in [4.69, 9.17) is 9.84 Å². The van der Waals surface area contributed by atoms with Crippen molar-refractivity contribution in [2.24, 2.45) is 0 Å². The number of phenols is 1. The summed E-state index contributed by atoms with van der Waals surface area (Å²) in [7, 11) is 1.40. The van der Waals surface area contributed by atoms with Gasteiger partial charge in [-0.25, -0.2) is 4.79 Å². The average molecular weight is 210 g/mol. The number of carboxylic acid groups (broad SMARTS) is 1. The predicted octanol–water partition coefficient (Wildman–Crippen LogP) is 2.05. The van der Waals surface area contributed by atoms with Crippen LogP contribution in [0.15, 0.2) is 12.1 Å². The summed E-state index contributed by atoms with van der Waals surface area (Å²) >= 11 is 0. The van der Waals surface area contributed by atoms with Crippen molar-refractivity contribution in [3.05, 3.63) is 23.3 Å². The SMILES string of the molecule is CCCc1cc(C(=O)O)cc(OC)c1O. The molecule has 15 heavy (non-hydrogen) atoms. The maximum Gasteiger partial charge on any atom is 0.335 e. The summed E-state index contributed by atoms with van der Waals surface area (Å²) in [5, 5.41) is 18.6. The minimum Gasteiger partial charge on any atom is -0.504 e. The molecule has 2 N–H and O–H groups in total. The van der Waals surface area contributed by atoms with Crippen LogP contribution in [0.25, 0.3) is 0 Å². The van der Waals surface area contributed by atoms with Crippen LogP contribution in [-0.4, -0.2) is 23.3 Å². The van der Waals surface area contributed by atoms with Crippen LogP contribution < -0.4 is 4.74 Å². The lowest BCUT2D eigenvalue weighted by atomic mass is 10.0. The minimum atomic E-state index is -1.02. The monoisotopic (exact) mass is 210 g/mol. The number of aryl methyl sites for hydroxylation is 1. The van der Waals surface area contributed by atoms with Crippen molar-refractivity contribution in [1.29, 1.82) is 0 Å². The zero-order valence-electron chi connectivity index (χ0n) is 8.78. The van der Waals surface area contributed by atoms with E-state index in [1.807, 2.05) is 6.92 Å². The van der Waals surface area contributed by atoms with Gasteiger partial charge >= 0.3 is 5.97 Å². The molecule has 0 aliphatic heterocycles. The number of ether oxygens (including phenoxy) is 1. The van der Waals surface area contributed by atoms with E-state index in [1.54, 1.807) is 0 Å². The highest BCUT2D eigenvalue weighted by Gasteiger charge is 2.13. The van der Waals surface area contributed by atoms with Gasteiger partial charge in [0.15, 0.2) is 11.5 Å². The lowest BCUT2D eigenvalue weighted by Crippen LogP contribution is -2.00. The molecule has 4 nitrogen and oxygen atoms in total. The maximum absolute atomic E-state index is 10.8. The summed E-state index contributed by atoms with van der Waals surface area (Å²) in [5.41, 5.74) is 0.738. The number of methoxy groups -OCH3 is 1. The molecule has 0 fully saturated rings. The number of hydrogen-bond donors (Lipinski definition) is 2. The highest BCUT2D eigenvalue weighted by atomic mass is 16.5. The zero-order chi connectivity index (χ0) is 11.4. The van der Waals surface area contributed by atoms with Crippen molar-refractivity contribution in [2.75, 3.05) is 7.11 Å². The first-order valence-corrected chi connectivity index (χ1v) is 4.73. The van der Waals surface area contributed by atoms with Gasteiger partial charge in [0.2, 0.25) is 0 Å². The van der Waals surface area contributed by atoms with Gasteiger partial charge in [0.1, 0.15) is 0 Å². The number of phenolic OH excluding ortho intramolecular Hbond substituents is 1. The second kappa shape index (κ2) is 4.68. The smallest absolute Gasteiger partial charge is 0.335 e. The van der Waals surface area contributed by atoms with Gasteiger partial charge in [0, 0.05) is 0 Å². The Morgan fingerprint density at radius 3 is 2.60 bits per heavy atom. The molecule has 1 rings (SSSR count). The lowest BCUT2D eigenvalue weighted by molar-refractivity contribution is 0.0696.